The van der Waals surface area contributed by atoms with Crippen LogP contribution in [0.2, 0.25) is 0 Å². The summed E-state index contributed by atoms with van der Waals surface area (Å²) in [5, 5.41) is 9.72. The summed E-state index contributed by atoms with van der Waals surface area (Å²) in [6, 6.07) is 6.04. The molecule has 4 rings (SSSR count). The fourth-order valence-corrected chi connectivity index (χ4v) is 5.49. The van der Waals surface area contributed by atoms with E-state index in [1.807, 2.05) is 12.1 Å². The van der Waals surface area contributed by atoms with Gasteiger partial charge in [-0.3, -0.25) is 0 Å². The minimum Gasteiger partial charge on any atom is -0.508 e. The molecule has 0 aromatic heterocycles. The van der Waals surface area contributed by atoms with Gasteiger partial charge in [0.25, 0.3) is 0 Å². The molecule has 1 fully saturated rings. The molecule has 1 heteroatoms. The molecule has 1 N–H and O–H groups in total. The van der Waals surface area contributed by atoms with E-state index in [-0.39, 0.29) is 0 Å². The van der Waals surface area contributed by atoms with Crippen molar-refractivity contribution in [1.29, 1.82) is 0 Å². The summed E-state index contributed by atoms with van der Waals surface area (Å²) in [5.74, 6) is 2.70. The predicted octanol–water partition coefficient (Wildman–Crippen LogP) is 4.97. The fourth-order valence-electron chi connectivity index (χ4n) is 5.49. The zero-order valence-electron chi connectivity index (χ0n) is 12.8. The highest BCUT2D eigenvalue weighted by Crippen LogP contribution is 2.61. The summed E-state index contributed by atoms with van der Waals surface area (Å²) < 4.78 is 0. The van der Waals surface area contributed by atoms with Crippen LogP contribution in [0, 0.1) is 17.3 Å². The van der Waals surface area contributed by atoms with Crippen LogP contribution in [0.1, 0.15) is 49.7 Å². The fraction of sp³-hybridized carbons (Fsp3) is 0.500. The second-order valence-corrected chi connectivity index (χ2v) is 7.35. The number of aryl methyl sites for hydroxylation is 1. The molecule has 0 heterocycles. The largest absolute Gasteiger partial charge is 0.508 e. The maximum atomic E-state index is 9.72. The van der Waals surface area contributed by atoms with Crippen molar-refractivity contribution >= 4 is 0 Å². The molecule has 4 atom stereocenters. The van der Waals surface area contributed by atoms with Gasteiger partial charge in [-0.1, -0.05) is 31.7 Å². The number of rotatable bonds is 1. The molecular formula is C20H24O. The first kappa shape index (κ1) is 13.2. The van der Waals surface area contributed by atoms with Crippen LogP contribution in [0.4, 0.5) is 0 Å². The molecule has 1 aromatic rings. The van der Waals surface area contributed by atoms with E-state index < -0.39 is 0 Å². The van der Waals surface area contributed by atoms with Gasteiger partial charge in [0.05, 0.1) is 0 Å². The molecule has 0 saturated heterocycles. The van der Waals surface area contributed by atoms with Crippen molar-refractivity contribution in [3.8, 4) is 5.75 Å². The van der Waals surface area contributed by atoms with Crippen LogP contribution in [-0.4, -0.2) is 5.11 Å². The minimum atomic E-state index is 0.358. The second kappa shape index (κ2) is 4.50. The Bertz CT molecular complexity index is 627. The predicted molar refractivity (Wildman–Crippen MR) is 86.4 cm³/mol. The molecule has 3 aliphatic carbocycles. The van der Waals surface area contributed by atoms with Crippen LogP contribution in [0.3, 0.4) is 0 Å². The SMILES string of the molecule is C=CC1=CC[C@H]2[C@@H]3CCc4cc(O)ccc4[C@H]3CC[C@]12C. The average Bonchev–Trinajstić information content (AvgIpc) is 2.83. The number of phenolic OH excluding ortho intramolecular Hbond substituents is 1. The summed E-state index contributed by atoms with van der Waals surface area (Å²) >= 11 is 0. The van der Waals surface area contributed by atoms with Crippen molar-refractivity contribution in [3.63, 3.8) is 0 Å². The van der Waals surface area contributed by atoms with Gasteiger partial charge in [0, 0.05) is 0 Å². The number of benzene rings is 1. The monoisotopic (exact) mass is 280 g/mol. The van der Waals surface area contributed by atoms with Crippen LogP contribution in [0.25, 0.3) is 0 Å². The van der Waals surface area contributed by atoms with Gasteiger partial charge in [0.2, 0.25) is 0 Å². The van der Waals surface area contributed by atoms with E-state index in [0.717, 1.165) is 18.3 Å². The van der Waals surface area contributed by atoms with Crippen LogP contribution in [-0.2, 0) is 6.42 Å². The van der Waals surface area contributed by atoms with Crippen molar-refractivity contribution in [2.75, 3.05) is 0 Å². The molecule has 1 aromatic carbocycles. The molecule has 1 nitrogen and oxygen atoms in total. The summed E-state index contributed by atoms with van der Waals surface area (Å²) in [7, 11) is 0. The minimum absolute atomic E-state index is 0.358. The van der Waals surface area contributed by atoms with Gasteiger partial charge in [-0.2, -0.15) is 0 Å². The second-order valence-electron chi connectivity index (χ2n) is 7.35. The first-order chi connectivity index (χ1) is 10.1. The first-order valence-corrected chi connectivity index (χ1v) is 8.28. The molecular weight excluding hydrogens is 256 g/mol. The number of fused-ring (bicyclic) bond motifs is 5. The zero-order valence-corrected chi connectivity index (χ0v) is 12.8. The van der Waals surface area contributed by atoms with Gasteiger partial charge in [-0.25, -0.2) is 0 Å². The Hall–Kier alpha value is -1.50. The highest BCUT2D eigenvalue weighted by molar-refractivity contribution is 5.41. The number of allylic oxidation sites excluding steroid dienone is 3. The van der Waals surface area contributed by atoms with Gasteiger partial charge in [0.15, 0.2) is 0 Å². The van der Waals surface area contributed by atoms with Crippen molar-refractivity contribution in [2.45, 2.75) is 44.9 Å². The van der Waals surface area contributed by atoms with E-state index >= 15 is 0 Å². The molecule has 0 spiro atoms. The first-order valence-electron chi connectivity index (χ1n) is 8.28. The maximum Gasteiger partial charge on any atom is 0.115 e. The lowest BCUT2D eigenvalue weighted by molar-refractivity contribution is 0.0774. The highest BCUT2D eigenvalue weighted by atomic mass is 16.3. The normalized spacial score (nSPS) is 37.2. The molecule has 21 heavy (non-hydrogen) atoms. The summed E-state index contributed by atoms with van der Waals surface area (Å²) in [4.78, 5) is 0. The van der Waals surface area contributed by atoms with Crippen LogP contribution < -0.4 is 0 Å². The molecule has 3 aliphatic rings. The molecule has 0 radical (unpaired) electrons. The number of hydrogen-bond acceptors (Lipinski definition) is 1. The molecule has 0 amide bonds. The molecule has 0 unspecified atom stereocenters. The highest BCUT2D eigenvalue weighted by Gasteiger charge is 2.50. The van der Waals surface area contributed by atoms with E-state index in [1.54, 1.807) is 0 Å². The Morgan fingerprint density at radius 1 is 1.33 bits per heavy atom. The quantitative estimate of drug-likeness (QED) is 0.770. The van der Waals surface area contributed by atoms with Gasteiger partial charge in [0.1, 0.15) is 5.75 Å². The van der Waals surface area contributed by atoms with E-state index in [1.165, 1.54) is 42.4 Å². The Balaban J connectivity index is 1.71. The summed E-state index contributed by atoms with van der Waals surface area (Å²) in [6.07, 6.45) is 10.7. The van der Waals surface area contributed by atoms with Gasteiger partial charge in [-0.15, -0.1) is 0 Å². The number of hydrogen-bond donors (Lipinski definition) is 1. The lowest BCUT2D eigenvalue weighted by Crippen LogP contribution is -2.40. The third-order valence-electron chi connectivity index (χ3n) is 6.57. The molecule has 0 bridgehead atoms. The lowest BCUT2D eigenvalue weighted by Gasteiger charge is -2.50. The molecule has 0 aliphatic heterocycles. The number of phenols is 1. The summed E-state index contributed by atoms with van der Waals surface area (Å²) in [6.45, 7) is 6.49. The van der Waals surface area contributed by atoms with Gasteiger partial charge >= 0.3 is 0 Å². The van der Waals surface area contributed by atoms with Gasteiger partial charge < -0.3 is 5.11 Å². The third-order valence-corrected chi connectivity index (χ3v) is 6.57. The molecule has 110 valence electrons. The van der Waals surface area contributed by atoms with Gasteiger partial charge in [-0.05, 0) is 84.1 Å². The Morgan fingerprint density at radius 2 is 2.19 bits per heavy atom. The third kappa shape index (κ3) is 1.76. The topological polar surface area (TPSA) is 20.2 Å². The van der Waals surface area contributed by atoms with E-state index in [2.05, 4.69) is 31.7 Å². The van der Waals surface area contributed by atoms with Crippen LogP contribution in [0.15, 0.2) is 42.5 Å². The smallest absolute Gasteiger partial charge is 0.115 e. The Labute approximate surface area is 127 Å². The van der Waals surface area contributed by atoms with E-state index in [0.29, 0.717) is 17.1 Å². The maximum absolute atomic E-state index is 9.72. The van der Waals surface area contributed by atoms with Crippen molar-refractivity contribution < 1.29 is 5.11 Å². The lowest BCUT2D eigenvalue weighted by atomic mass is 9.54. The van der Waals surface area contributed by atoms with Crippen LogP contribution in [0.5, 0.6) is 5.75 Å². The molecule has 1 saturated carbocycles. The zero-order chi connectivity index (χ0) is 14.6. The Kier molecular flexibility index (Phi) is 2.82. The van der Waals surface area contributed by atoms with E-state index in [4.69, 9.17) is 0 Å². The van der Waals surface area contributed by atoms with Crippen molar-refractivity contribution in [1.82, 2.24) is 0 Å². The Morgan fingerprint density at radius 3 is 3.00 bits per heavy atom. The van der Waals surface area contributed by atoms with Crippen molar-refractivity contribution in [2.24, 2.45) is 17.3 Å². The standard InChI is InChI=1S/C20H24O/c1-3-14-5-9-19-18-7-4-13-12-15(21)6-8-16(13)17(18)10-11-20(14,19)2/h3,5-6,8,12,17-19,21H,1,4,7,9-11H2,2H3/t17-,18-,19+,20-/m1/s1. The van der Waals surface area contributed by atoms with Crippen LogP contribution >= 0.6 is 0 Å². The summed E-state index contributed by atoms with van der Waals surface area (Å²) in [5.41, 5.74) is 4.74. The number of aromatic hydroxyl groups is 1. The van der Waals surface area contributed by atoms with Crippen molar-refractivity contribution in [3.05, 3.63) is 53.6 Å². The average molecular weight is 280 g/mol. The van der Waals surface area contributed by atoms with E-state index in [9.17, 15) is 5.11 Å².